The number of carbonyl (C=O) groups excluding carboxylic acids is 6. The minimum atomic E-state index is -2.03. The summed E-state index contributed by atoms with van der Waals surface area (Å²) < 4.78 is 5.09. The van der Waals surface area contributed by atoms with Crippen molar-refractivity contribution < 1.29 is 58.7 Å². The Morgan fingerprint density at radius 1 is 0.949 bits per heavy atom. The molecule has 0 heterocycles. The SMILES string of the molecule is CC(=O)N[C@@H](C(C)=O)[C@@H](OC(=O)NC(C(=O)NC(CCC(=O)N(C)C(=O)O)C(N)=O)C(C)C)[C@H](O)[C@H](O)CO. The molecule has 2 unspecified atom stereocenters. The zero-order chi connectivity index (χ0) is 30.6. The van der Waals surface area contributed by atoms with Crippen LogP contribution in [0.4, 0.5) is 9.59 Å². The van der Waals surface area contributed by atoms with Gasteiger partial charge < -0.3 is 46.8 Å². The number of aliphatic hydroxyl groups excluding tert-OH is 3. The van der Waals surface area contributed by atoms with E-state index in [1.54, 1.807) is 0 Å². The molecule has 0 aromatic carbocycles. The molecule has 222 valence electrons. The molecule has 9 N–H and O–H groups in total. The molecule has 39 heavy (non-hydrogen) atoms. The van der Waals surface area contributed by atoms with Crippen LogP contribution in [0.15, 0.2) is 0 Å². The lowest BCUT2D eigenvalue weighted by atomic mass is 9.98. The van der Waals surface area contributed by atoms with Crippen molar-refractivity contribution in [3.63, 3.8) is 0 Å². The Labute approximate surface area is 224 Å². The highest BCUT2D eigenvalue weighted by molar-refractivity contribution is 5.93. The molecule has 17 heteroatoms. The van der Waals surface area contributed by atoms with E-state index in [1.807, 2.05) is 0 Å². The summed E-state index contributed by atoms with van der Waals surface area (Å²) in [5.41, 5.74) is 5.28. The molecule has 0 radical (unpaired) electrons. The van der Waals surface area contributed by atoms with Crippen molar-refractivity contribution in [1.82, 2.24) is 20.9 Å². The molecule has 0 aliphatic carbocycles. The molecule has 6 atom stereocenters. The number of primary amides is 1. The standard InChI is InChI=1S/C22H37N5O12/c1-9(2)15(20(35)25-12(19(23)34)6-7-14(32)27(5)22(37)38)26-21(36)39-18(17(33)13(31)8-28)16(10(3)29)24-11(4)30/h9,12-13,15-18,28,31,33H,6-8H2,1-5H3,(H2,23,34)(H,24,30)(H,25,35)(H,26,36)(H,37,38)/t12?,13-,15?,16+,17-,18-/m1/s1. The van der Waals surface area contributed by atoms with Gasteiger partial charge in [-0.15, -0.1) is 0 Å². The van der Waals surface area contributed by atoms with Crippen LogP contribution in [0.2, 0.25) is 0 Å². The molecule has 0 aliphatic rings. The Balaban J connectivity index is 5.72. The first-order chi connectivity index (χ1) is 17.9. The lowest BCUT2D eigenvalue weighted by Crippen LogP contribution is -2.59. The summed E-state index contributed by atoms with van der Waals surface area (Å²) in [7, 11) is 0.999. The summed E-state index contributed by atoms with van der Waals surface area (Å²) in [4.78, 5) is 84.1. The highest BCUT2D eigenvalue weighted by atomic mass is 16.6. The van der Waals surface area contributed by atoms with Gasteiger partial charge in [-0.25, -0.2) is 9.59 Å². The van der Waals surface area contributed by atoms with Crippen LogP contribution in [0, 0.1) is 5.92 Å². The Bertz CT molecular complexity index is 927. The Kier molecular flexibility index (Phi) is 14.6. The molecule has 17 nitrogen and oxygen atoms in total. The number of carbonyl (C=O) groups is 7. The van der Waals surface area contributed by atoms with Crippen LogP contribution >= 0.6 is 0 Å². The second-order valence-electron chi connectivity index (χ2n) is 9.00. The first-order valence-electron chi connectivity index (χ1n) is 11.7. The molecule has 0 rings (SSSR count). The van der Waals surface area contributed by atoms with E-state index in [-0.39, 0.29) is 6.42 Å². The average Bonchev–Trinajstić information content (AvgIpc) is 2.84. The van der Waals surface area contributed by atoms with E-state index in [2.05, 4.69) is 16.0 Å². The number of nitrogens with one attached hydrogen (secondary N) is 3. The zero-order valence-electron chi connectivity index (χ0n) is 22.2. The maximum atomic E-state index is 12.9. The van der Waals surface area contributed by atoms with E-state index in [0.717, 1.165) is 20.9 Å². The first-order valence-corrected chi connectivity index (χ1v) is 11.7. The van der Waals surface area contributed by atoms with Crippen LogP contribution in [-0.2, 0) is 28.7 Å². The Hall–Kier alpha value is -3.83. The van der Waals surface area contributed by atoms with Gasteiger partial charge in [-0.05, 0) is 19.3 Å². The number of Topliss-reactive ketones (excluding diaryl/α,β-unsaturated/α-hetero) is 1. The third-order valence-corrected chi connectivity index (χ3v) is 5.48. The summed E-state index contributed by atoms with van der Waals surface area (Å²) >= 11 is 0. The zero-order valence-corrected chi connectivity index (χ0v) is 22.2. The van der Waals surface area contributed by atoms with Crippen molar-refractivity contribution in [2.24, 2.45) is 11.7 Å². The number of rotatable bonds is 15. The summed E-state index contributed by atoms with van der Waals surface area (Å²) in [5, 5.41) is 44.8. The van der Waals surface area contributed by atoms with Crippen LogP contribution in [0.1, 0.15) is 40.5 Å². The predicted molar refractivity (Wildman–Crippen MR) is 131 cm³/mol. The smallest absolute Gasteiger partial charge is 0.413 e. The number of hydrogen-bond acceptors (Lipinski definition) is 11. The molecule has 6 amide bonds. The Morgan fingerprint density at radius 3 is 1.92 bits per heavy atom. The fraction of sp³-hybridized carbons (Fsp3) is 0.682. The van der Waals surface area contributed by atoms with E-state index in [9.17, 15) is 43.8 Å². The van der Waals surface area contributed by atoms with Gasteiger partial charge in [-0.1, -0.05) is 13.8 Å². The monoisotopic (exact) mass is 563 g/mol. The predicted octanol–water partition coefficient (Wildman–Crippen LogP) is -3.20. The second-order valence-corrected chi connectivity index (χ2v) is 9.00. The van der Waals surface area contributed by atoms with Gasteiger partial charge in [-0.2, -0.15) is 0 Å². The van der Waals surface area contributed by atoms with Gasteiger partial charge in [0.1, 0.15) is 30.3 Å². The van der Waals surface area contributed by atoms with E-state index >= 15 is 0 Å². The van der Waals surface area contributed by atoms with Gasteiger partial charge >= 0.3 is 12.2 Å². The summed E-state index contributed by atoms with van der Waals surface area (Å²) in [5.74, 6) is -4.99. The van der Waals surface area contributed by atoms with Crippen molar-refractivity contribution in [3.05, 3.63) is 0 Å². The lowest BCUT2D eigenvalue weighted by molar-refractivity contribution is -0.135. The highest BCUT2D eigenvalue weighted by Gasteiger charge is 2.40. The van der Waals surface area contributed by atoms with Crippen molar-refractivity contribution in [1.29, 1.82) is 0 Å². The molecule has 0 bridgehead atoms. The Morgan fingerprint density at radius 2 is 1.51 bits per heavy atom. The van der Waals surface area contributed by atoms with Crippen molar-refractivity contribution in [3.8, 4) is 0 Å². The lowest BCUT2D eigenvalue weighted by Gasteiger charge is -2.32. The fourth-order valence-electron chi connectivity index (χ4n) is 3.20. The molecule has 0 aromatic heterocycles. The normalized spacial score (nSPS) is 15.5. The highest BCUT2D eigenvalue weighted by Crippen LogP contribution is 2.13. The van der Waals surface area contributed by atoms with Crippen molar-refractivity contribution in [2.75, 3.05) is 13.7 Å². The van der Waals surface area contributed by atoms with Crippen LogP contribution in [0.5, 0.6) is 0 Å². The molecular formula is C22H37N5O12. The maximum Gasteiger partial charge on any atom is 0.413 e. The molecule has 0 saturated carbocycles. The molecule has 0 spiro atoms. The van der Waals surface area contributed by atoms with Gasteiger partial charge in [0.05, 0.1) is 6.61 Å². The van der Waals surface area contributed by atoms with E-state index < -0.39 is 97.0 Å². The van der Waals surface area contributed by atoms with Gasteiger partial charge in [0.2, 0.25) is 23.6 Å². The summed E-state index contributed by atoms with van der Waals surface area (Å²) in [6.45, 7) is 4.09. The molecule has 0 fully saturated rings. The number of aliphatic hydroxyl groups is 3. The van der Waals surface area contributed by atoms with Gasteiger partial charge in [0.15, 0.2) is 11.9 Å². The molecule has 0 saturated heterocycles. The van der Waals surface area contributed by atoms with Crippen LogP contribution in [0.25, 0.3) is 0 Å². The minimum absolute atomic E-state index is 0.350. The number of nitrogens with two attached hydrogens (primary N) is 1. The summed E-state index contributed by atoms with van der Waals surface area (Å²) in [6, 6.07) is -4.44. The van der Waals surface area contributed by atoms with Crippen LogP contribution < -0.4 is 21.7 Å². The van der Waals surface area contributed by atoms with Crippen molar-refractivity contribution in [2.45, 2.75) is 77.0 Å². The molecule has 0 aromatic rings. The molecule has 0 aliphatic heterocycles. The van der Waals surface area contributed by atoms with E-state index in [1.165, 1.54) is 13.8 Å². The first kappa shape index (κ1) is 35.2. The van der Waals surface area contributed by atoms with E-state index in [0.29, 0.717) is 4.90 Å². The number of imide groups is 1. The minimum Gasteiger partial charge on any atom is -0.465 e. The van der Waals surface area contributed by atoms with Crippen molar-refractivity contribution >= 4 is 41.6 Å². The largest absolute Gasteiger partial charge is 0.465 e. The fourth-order valence-corrected chi connectivity index (χ4v) is 3.20. The van der Waals surface area contributed by atoms with Gasteiger partial charge in [-0.3, -0.25) is 28.9 Å². The maximum absolute atomic E-state index is 12.9. The third-order valence-electron chi connectivity index (χ3n) is 5.48. The van der Waals surface area contributed by atoms with Gasteiger partial charge in [0, 0.05) is 20.4 Å². The van der Waals surface area contributed by atoms with E-state index in [4.69, 9.17) is 20.7 Å². The van der Waals surface area contributed by atoms with Crippen LogP contribution in [-0.4, -0.2) is 117 Å². The quantitative estimate of drug-likeness (QED) is 0.0978. The topological polar surface area (TPSA) is 275 Å². The summed E-state index contributed by atoms with van der Waals surface area (Å²) in [6.07, 6.45) is -9.50. The molecular weight excluding hydrogens is 526 g/mol. The van der Waals surface area contributed by atoms with Crippen LogP contribution in [0.3, 0.4) is 0 Å². The van der Waals surface area contributed by atoms with Gasteiger partial charge in [0.25, 0.3) is 0 Å². The number of ether oxygens (including phenoxy) is 1. The number of carboxylic acid groups (broad SMARTS) is 1. The number of amides is 6. The third kappa shape index (κ3) is 11.6. The number of hydrogen-bond donors (Lipinski definition) is 8. The number of nitrogens with zero attached hydrogens (tertiary/aromatic N) is 1. The second kappa shape index (κ2) is 16.2. The average molecular weight is 564 g/mol. The number of alkyl carbamates (subject to hydrolysis) is 1. The number of ketones is 1.